The van der Waals surface area contributed by atoms with E-state index in [2.05, 4.69) is 11.9 Å². The van der Waals surface area contributed by atoms with Crippen molar-refractivity contribution >= 4 is 23.4 Å². The van der Waals surface area contributed by atoms with Gasteiger partial charge in [-0.05, 0) is 6.92 Å². The summed E-state index contributed by atoms with van der Waals surface area (Å²) in [6.07, 6.45) is 0.320. The van der Waals surface area contributed by atoms with Gasteiger partial charge in [0.1, 0.15) is 6.04 Å². The van der Waals surface area contributed by atoms with Crippen molar-refractivity contribution in [2.45, 2.75) is 19.4 Å². The maximum Gasteiger partial charge on any atom is 0.245 e. The largest absolute Gasteiger partial charge is 0.345 e. The summed E-state index contributed by atoms with van der Waals surface area (Å²) >= 11 is 5.62. The van der Waals surface area contributed by atoms with Crippen molar-refractivity contribution < 1.29 is 9.59 Å². The van der Waals surface area contributed by atoms with E-state index in [1.807, 2.05) is 0 Å². The Morgan fingerprint density at radius 3 is 2.93 bits per heavy atom. The predicted octanol–water partition coefficient (Wildman–Crippen LogP) is 0.476. The van der Waals surface area contributed by atoms with Crippen LogP contribution in [-0.2, 0) is 9.59 Å². The fraction of sp³-hybridized carbons (Fsp3) is 0.556. The molecule has 1 rings (SSSR count). The fourth-order valence-corrected chi connectivity index (χ4v) is 1.50. The van der Waals surface area contributed by atoms with Crippen LogP contribution in [0.25, 0.3) is 0 Å². The SMILES string of the molecule is C=C(Cl)CN1CCC(=O)NC(C)C1=O. The second kappa shape index (κ2) is 4.46. The topological polar surface area (TPSA) is 49.4 Å². The molecule has 0 bridgehead atoms. The number of rotatable bonds is 2. The number of carbonyl (C=O) groups is 2. The molecule has 2 amide bonds. The summed E-state index contributed by atoms with van der Waals surface area (Å²) in [6.45, 7) is 5.90. The maximum absolute atomic E-state index is 11.6. The minimum Gasteiger partial charge on any atom is -0.345 e. The first kappa shape index (κ1) is 11.0. The first-order valence-corrected chi connectivity index (χ1v) is 4.80. The van der Waals surface area contributed by atoms with Gasteiger partial charge in [-0.25, -0.2) is 0 Å². The lowest BCUT2D eigenvalue weighted by atomic mass is 10.3. The summed E-state index contributed by atoms with van der Waals surface area (Å²) in [7, 11) is 0. The Labute approximate surface area is 87.9 Å². The van der Waals surface area contributed by atoms with Crippen LogP contribution < -0.4 is 5.32 Å². The van der Waals surface area contributed by atoms with Gasteiger partial charge in [-0.2, -0.15) is 0 Å². The molecule has 5 heteroatoms. The Morgan fingerprint density at radius 1 is 1.71 bits per heavy atom. The highest BCUT2D eigenvalue weighted by atomic mass is 35.5. The number of halogens is 1. The summed E-state index contributed by atoms with van der Waals surface area (Å²) in [5.74, 6) is -0.216. The van der Waals surface area contributed by atoms with E-state index in [1.54, 1.807) is 6.92 Å². The average Bonchev–Trinajstić information content (AvgIpc) is 2.18. The van der Waals surface area contributed by atoms with Gasteiger partial charge < -0.3 is 10.2 Å². The molecule has 0 saturated carbocycles. The molecular formula is C9H13ClN2O2. The number of nitrogens with zero attached hydrogens (tertiary/aromatic N) is 1. The van der Waals surface area contributed by atoms with Crippen molar-refractivity contribution in [2.75, 3.05) is 13.1 Å². The third kappa shape index (κ3) is 2.73. The molecule has 1 aliphatic rings. The summed E-state index contributed by atoms with van der Waals surface area (Å²) in [5.41, 5.74) is 0. The second-order valence-electron chi connectivity index (χ2n) is 3.32. The van der Waals surface area contributed by atoms with Crippen molar-refractivity contribution in [3.63, 3.8) is 0 Å². The lowest BCUT2D eigenvalue weighted by molar-refractivity contribution is -0.132. The van der Waals surface area contributed by atoms with E-state index in [0.29, 0.717) is 24.5 Å². The standard InChI is InChI=1S/C9H13ClN2O2/c1-6(10)5-12-4-3-8(13)11-7(2)9(12)14/h7H,1,3-5H2,2H3,(H,11,13). The second-order valence-corrected chi connectivity index (χ2v) is 3.85. The molecule has 0 spiro atoms. The van der Waals surface area contributed by atoms with Gasteiger partial charge in [0.25, 0.3) is 0 Å². The van der Waals surface area contributed by atoms with E-state index >= 15 is 0 Å². The highest BCUT2D eigenvalue weighted by Gasteiger charge is 2.26. The molecule has 0 aliphatic carbocycles. The molecule has 1 fully saturated rings. The van der Waals surface area contributed by atoms with Crippen LogP contribution in [0.5, 0.6) is 0 Å². The van der Waals surface area contributed by atoms with Crippen LogP contribution in [0.2, 0.25) is 0 Å². The molecule has 1 atom stereocenters. The minimum absolute atomic E-state index is 0.103. The first-order chi connectivity index (χ1) is 6.50. The normalized spacial score (nSPS) is 23.0. The van der Waals surface area contributed by atoms with Gasteiger partial charge in [0.15, 0.2) is 0 Å². The zero-order valence-corrected chi connectivity index (χ0v) is 8.80. The number of nitrogens with one attached hydrogen (secondary N) is 1. The molecule has 1 saturated heterocycles. The molecule has 78 valence electrons. The van der Waals surface area contributed by atoms with E-state index in [1.165, 1.54) is 4.90 Å². The molecule has 14 heavy (non-hydrogen) atoms. The van der Waals surface area contributed by atoms with Crippen molar-refractivity contribution in [2.24, 2.45) is 0 Å². The molecule has 1 N–H and O–H groups in total. The van der Waals surface area contributed by atoms with Crippen LogP contribution in [0.15, 0.2) is 11.6 Å². The van der Waals surface area contributed by atoms with E-state index in [0.717, 1.165) is 0 Å². The maximum atomic E-state index is 11.6. The molecular weight excluding hydrogens is 204 g/mol. The number of hydrogen-bond acceptors (Lipinski definition) is 2. The molecule has 0 aromatic heterocycles. The van der Waals surface area contributed by atoms with Gasteiger partial charge in [0.05, 0.1) is 6.54 Å². The number of hydrogen-bond donors (Lipinski definition) is 1. The predicted molar refractivity (Wildman–Crippen MR) is 53.8 cm³/mol. The van der Waals surface area contributed by atoms with E-state index < -0.39 is 6.04 Å². The molecule has 1 heterocycles. The van der Waals surface area contributed by atoms with E-state index in [9.17, 15) is 9.59 Å². The van der Waals surface area contributed by atoms with Crippen LogP contribution in [0, 0.1) is 0 Å². The van der Waals surface area contributed by atoms with Crippen molar-refractivity contribution in [3.8, 4) is 0 Å². The van der Waals surface area contributed by atoms with Crippen molar-refractivity contribution in [1.82, 2.24) is 10.2 Å². The van der Waals surface area contributed by atoms with Crippen molar-refractivity contribution in [3.05, 3.63) is 11.6 Å². The summed E-state index contributed by atoms with van der Waals surface area (Å²) < 4.78 is 0. The monoisotopic (exact) mass is 216 g/mol. The summed E-state index contributed by atoms with van der Waals surface area (Å²) in [5, 5.41) is 2.99. The smallest absolute Gasteiger partial charge is 0.245 e. The lowest BCUT2D eigenvalue weighted by Crippen LogP contribution is -2.42. The van der Waals surface area contributed by atoms with E-state index in [-0.39, 0.29) is 11.8 Å². The third-order valence-corrected chi connectivity index (χ3v) is 2.15. The van der Waals surface area contributed by atoms with Crippen LogP contribution in [0.4, 0.5) is 0 Å². The van der Waals surface area contributed by atoms with Crippen LogP contribution in [0.1, 0.15) is 13.3 Å². The molecule has 0 radical (unpaired) electrons. The van der Waals surface area contributed by atoms with Gasteiger partial charge in [-0.1, -0.05) is 18.2 Å². The Bertz CT molecular complexity index is 278. The van der Waals surface area contributed by atoms with Gasteiger partial charge >= 0.3 is 0 Å². The Morgan fingerprint density at radius 2 is 2.36 bits per heavy atom. The van der Waals surface area contributed by atoms with E-state index in [4.69, 9.17) is 11.6 Å². The molecule has 1 unspecified atom stereocenters. The minimum atomic E-state index is -0.471. The zero-order valence-electron chi connectivity index (χ0n) is 8.05. The summed E-state index contributed by atoms with van der Waals surface area (Å²) in [4.78, 5) is 24.3. The zero-order chi connectivity index (χ0) is 10.7. The van der Waals surface area contributed by atoms with Gasteiger partial charge in [-0.3, -0.25) is 9.59 Å². The first-order valence-electron chi connectivity index (χ1n) is 4.42. The highest BCUT2D eigenvalue weighted by molar-refractivity contribution is 6.29. The Balaban J connectivity index is 2.70. The van der Waals surface area contributed by atoms with Crippen molar-refractivity contribution in [1.29, 1.82) is 0 Å². The van der Waals surface area contributed by atoms with Gasteiger partial charge in [-0.15, -0.1) is 0 Å². The quantitative estimate of drug-likeness (QED) is 0.730. The van der Waals surface area contributed by atoms with Gasteiger partial charge in [0.2, 0.25) is 11.8 Å². The molecule has 4 nitrogen and oxygen atoms in total. The number of carbonyl (C=O) groups excluding carboxylic acids is 2. The Kier molecular flexibility index (Phi) is 3.52. The third-order valence-electron chi connectivity index (χ3n) is 2.03. The van der Waals surface area contributed by atoms with Crippen LogP contribution in [-0.4, -0.2) is 35.8 Å². The van der Waals surface area contributed by atoms with Crippen LogP contribution >= 0.6 is 11.6 Å². The Hall–Kier alpha value is -1.03. The van der Waals surface area contributed by atoms with Crippen LogP contribution in [0.3, 0.4) is 0 Å². The molecule has 1 aliphatic heterocycles. The lowest BCUT2D eigenvalue weighted by Gasteiger charge is -2.21. The summed E-state index contributed by atoms with van der Waals surface area (Å²) in [6, 6.07) is -0.471. The average molecular weight is 217 g/mol. The van der Waals surface area contributed by atoms with Gasteiger partial charge in [0, 0.05) is 18.0 Å². The molecule has 0 aromatic carbocycles. The highest BCUT2D eigenvalue weighted by Crippen LogP contribution is 2.07. The number of amides is 2. The fourth-order valence-electron chi connectivity index (χ4n) is 1.36. The molecule has 0 aromatic rings.